The molecule has 7 nitrogen and oxygen atoms in total. The fraction of sp³-hybridized carbons (Fsp3) is 0.333. The van der Waals surface area contributed by atoms with Crippen LogP contribution < -0.4 is 5.32 Å². The summed E-state index contributed by atoms with van der Waals surface area (Å²) < 4.78 is 33.5. The van der Waals surface area contributed by atoms with E-state index in [-0.39, 0.29) is 16.9 Å². The molecule has 2 heterocycles. The third-order valence-electron chi connectivity index (χ3n) is 5.06. The number of benzene rings is 2. The number of likely N-dealkylation sites (N-methyl/N-ethyl adjacent to an activating group) is 1. The van der Waals surface area contributed by atoms with Gasteiger partial charge in [-0.25, -0.2) is 13.4 Å². The summed E-state index contributed by atoms with van der Waals surface area (Å²) >= 11 is 1.60. The number of fused-ring (bicyclic) bond motifs is 1. The van der Waals surface area contributed by atoms with E-state index in [9.17, 15) is 13.2 Å². The number of ether oxygens (including phenoxy) is 1. The summed E-state index contributed by atoms with van der Waals surface area (Å²) in [5, 5.41) is 3.81. The third-order valence-corrected chi connectivity index (χ3v) is 7.85. The van der Waals surface area contributed by atoms with E-state index in [0.29, 0.717) is 24.4 Å². The minimum absolute atomic E-state index is 0.0614. The molecular weight excluding hydrogens is 422 g/mol. The summed E-state index contributed by atoms with van der Waals surface area (Å²) in [4.78, 5) is 17.2. The number of hydrogen-bond acceptors (Lipinski definition) is 6. The van der Waals surface area contributed by atoms with Gasteiger partial charge < -0.3 is 10.1 Å². The largest absolute Gasteiger partial charge is 0.377 e. The zero-order valence-corrected chi connectivity index (χ0v) is 18.4. The van der Waals surface area contributed by atoms with Crippen LogP contribution in [0.5, 0.6) is 0 Å². The van der Waals surface area contributed by atoms with Crippen LogP contribution in [-0.2, 0) is 14.8 Å². The van der Waals surface area contributed by atoms with Gasteiger partial charge in [-0.15, -0.1) is 11.3 Å². The number of anilines is 1. The Kier molecular flexibility index (Phi) is 5.88. The van der Waals surface area contributed by atoms with Crippen LogP contribution in [0.4, 0.5) is 5.69 Å². The van der Waals surface area contributed by atoms with E-state index in [1.54, 1.807) is 18.4 Å². The van der Waals surface area contributed by atoms with E-state index in [0.717, 1.165) is 28.1 Å². The first-order chi connectivity index (χ1) is 14.3. The predicted octanol–water partition coefficient (Wildman–Crippen LogP) is 3.66. The lowest BCUT2D eigenvalue weighted by Crippen LogP contribution is -2.34. The van der Waals surface area contributed by atoms with E-state index in [2.05, 4.69) is 10.3 Å². The monoisotopic (exact) mass is 445 g/mol. The highest BCUT2D eigenvalue weighted by molar-refractivity contribution is 7.89. The van der Waals surface area contributed by atoms with Crippen molar-refractivity contribution in [1.29, 1.82) is 0 Å². The van der Waals surface area contributed by atoms with Gasteiger partial charge in [0.25, 0.3) is 5.91 Å². The average molecular weight is 446 g/mol. The summed E-state index contributed by atoms with van der Waals surface area (Å²) in [7, 11) is -2.09. The standard InChI is InChI=1S/C21H23N3O4S2/c1-14-22-19-12-16(7-10-20(19)29-14)23-21(25)15-5-8-18(9-6-15)30(26,27)24(2)13-17-4-3-11-28-17/h5-10,12,17H,3-4,11,13H2,1-2H3,(H,23,25)/t17-/m1/s1. The Morgan fingerprint density at radius 3 is 2.73 bits per heavy atom. The van der Waals surface area contributed by atoms with Gasteiger partial charge in [-0.05, 0) is 62.2 Å². The number of nitrogens with one attached hydrogen (secondary N) is 1. The van der Waals surface area contributed by atoms with Crippen molar-refractivity contribution < 1.29 is 17.9 Å². The van der Waals surface area contributed by atoms with Crippen LogP contribution in [0, 0.1) is 6.92 Å². The maximum Gasteiger partial charge on any atom is 0.255 e. The Hall–Kier alpha value is -2.33. The van der Waals surface area contributed by atoms with E-state index in [1.165, 1.54) is 28.6 Å². The van der Waals surface area contributed by atoms with Crippen LogP contribution >= 0.6 is 11.3 Å². The van der Waals surface area contributed by atoms with Crippen LogP contribution in [0.2, 0.25) is 0 Å². The molecule has 1 fully saturated rings. The van der Waals surface area contributed by atoms with Crippen molar-refractivity contribution in [3.05, 3.63) is 53.0 Å². The quantitative estimate of drug-likeness (QED) is 0.626. The van der Waals surface area contributed by atoms with Crippen molar-refractivity contribution in [1.82, 2.24) is 9.29 Å². The second-order valence-corrected chi connectivity index (χ2v) is 10.6. The normalized spacial score (nSPS) is 17.0. The number of hydrogen-bond donors (Lipinski definition) is 1. The summed E-state index contributed by atoms with van der Waals surface area (Å²) in [5.41, 5.74) is 1.86. The first-order valence-electron chi connectivity index (χ1n) is 9.69. The molecule has 0 aliphatic carbocycles. The van der Waals surface area contributed by atoms with Crippen LogP contribution in [0.15, 0.2) is 47.4 Å². The van der Waals surface area contributed by atoms with E-state index >= 15 is 0 Å². The lowest BCUT2D eigenvalue weighted by atomic mass is 10.2. The first kappa shape index (κ1) is 20.9. The molecule has 30 heavy (non-hydrogen) atoms. The number of carbonyl (C=O) groups excluding carboxylic acids is 1. The number of rotatable bonds is 6. The highest BCUT2D eigenvalue weighted by Crippen LogP contribution is 2.25. The topological polar surface area (TPSA) is 88.6 Å². The summed E-state index contributed by atoms with van der Waals surface area (Å²) in [6.07, 6.45) is 1.76. The first-order valence-corrected chi connectivity index (χ1v) is 11.9. The molecule has 1 atom stereocenters. The minimum atomic E-state index is -3.64. The SMILES string of the molecule is Cc1nc2cc(NC(=O)c3ccc(S(=O)(=O)N(C)C[C@H]4CCCO4)cc3)ccc2s1. The zero-order chi connectivity index (χ0) is 21.3. The van der Waals surface area contributed by atoms with Crippen molar-refractivity contribution in [3.63, 3.8) is 0 Å². The molecule has 1 saturated heterocycles. The molecule has 1 aliphatic heterocycles. The van der Waals surface area contributed by atoms with Gasteiger partial charge in [0.1, 0.15) is 0 Å². The van der Waals surface area contributed by atoms with Crippen LogP contribution in [0.1, 0.15) is 28.2 Å². The summed E-state index contributed by atoms with van der Waals surface area (Å²) in [5.74, 6) is -0.307. The lowest BCUT2D eigenvalue weighted by Gasteiger charge is -2.20. The molecule has 1 N–H and O–H groups in total. The highest BCUT2D eigenvalue weighted by Gasteiger charge is 2.26. The Balaban J connectivity index is 1.45. The number of thiazole rings is 1. The Morgan fingerprint density at radius 2 is 2.03 bits per heavy atom. The van der Waals surface area contributed by atoms with Gasteiger partial charge >= 0.3 is 0 Å². The lowest BCUT2D eigenvalue weighted by molar-refractivity contribution is 0.0979. The molecule has 3 aromatic rings. The molecule has 0 radical (unpaired) electrons. The molecule has 0 saturated carbocycles. The molecule has 1 aliphatic rings. The Labute approximate surface area is 179 Å². The van der Waals surface area contributed by atoms with Crippen LogP contribution in [0.3, 0.4) is 0 Å². The van der Waals surface area contributed by atoms with Gasteiger partial charge in [-0.2, -0.15) is 4.31 Å². The van der Waals surface area contributed by atoms with E-state index in [1.807, 2.05) is 25.1 Å². The fourth-order valence-corrected chi connectivity index (χ4v) is 5.47. The van der Waals surface area contributed by atoms with E-state index in [4.69, 9.17) is 4.74 Å². The molecule has 4 rings (SSSR count). The number of carbonyl (C=O) groups is 1. The Morgan fingerprint density at radius 1 is 1.27 bits per heavy atom. The van der Waals surface area contributed by atoms with Gasteiger partial charge in [0, 0.05) is 31.5 Å². The smallest absolute Gasteiger partial charge is 0.255 e. The molecular formula is C21H23N3O4S2. The number of sulfonamides is 1. The zero-order valence-electron chi connectivity index (χ0n) is 16.8. The van der Waals surface area contributed by atoms with Gasteiger partial charge in [0.05, 0.1) is 26.2 Å². The molecule has 2 aromatic carbocycles. The summed E-state index contributed by atoms with van der Waals surface area (Å²) in [6.45, 7) is 2.94. The van der Waals surface area contributed by atoms with Crippen LogP contribution in [-0.4, -0.2) is 49.9 Å². The van der Waals surface area contributed by atoms with Crippen LogP contribution in [0.25, 0.3) is 10.2 Å². The van der Waals surface area contributed by atoms with Crippen molar-refractivity contribution >= 4 is 43.2 Å². The predicted molar refractivity (Wildman–Crippen MR) is 118 cm³/mol. The van der Waals surface area contributed by atoms with Crippen molar-refractivity contribution in [2.45, 2.75) is 30.8 Å². The van der Waals surface area contributed by atoms with Gasteiger partial charge in [-0.3, -0.25) is 4.79 Å². The number of amides is 1. The average Bonchev–Trinajstić information content (AvgIpc) is 3.36. The molecule has 1 amide bonds. The second-order valence-electron chi connectivity index (χ2n) is 7.31. The van der Waals surface area contributed by atoms with Gasteiger partial charge in [0.2, 0.25) is 10.0 Å². The number of aromatic nitrogens is 1. The van der Waals surface area contributed by atoms with E-state index < -0.39 is 10.0 Å². The molecule has 0 unspecified atom stereocenters. The maximum atomic E-state index is 12.8. The van der Waals surface area contributed by atoms with Crippen molar-refractivity contribution in [3.8, 4) is 0 Å². The van der Waals surface area contributed by atoms with Gasteiger partial charge in [0.15, 0.2) is 0 Å². The highest BCUT2D eigenvalue weighted by atomic mass is 32.2. The maximum absolute atomic E-state index is 12.8. The van der Waals surface area contributed by atoms with Crippen molar-refractivity contribution in [2.75, 3.05) is 25.5 Å². The van der Waals surface area contributed by atoms with Crippen molar-refractivity contribution in [2.24, 2.45) is 0 Å². The molecule has 1 aromatic heterocycles. The summed E-state index contributed by atoms with van der Waals surface area (Å²) in [6, 6.07) is 11.6. The second kappa shape index (κ2) is 8.43. The minimum Gasteiger partial charge on any atom is -0.377 e. The molecule has 0 spiro atoms. The Bertz CT molecular complexity index is 1170. The van der Waals surface area contributed by atoms with Gasteiger partial charge in [-0.1, -0.05) is 0 Å². The third kappa shape index (κ3) is 4.39. The molecule has 9 heteroatoms. The number of aryl methyl sites for hydroxylation is 1. The fourth-order valence-electron chi connectivity index (χ4n) is 3.46. The number of nitrogens with zero attached hydrogens (tertiary/aromatic N) is 2. The molecule has 158 valence electrons. The molecule has 0 bridgehead atoms.